The third kappa shape index (κ3) is 3.81. The molecule has 2 rings (SSSR count). The number of rotatable bonds is 5. The average molecular weight is 306 g/mol. The van der Waals surface area contributed by atoms with Gasteiger partial charge in [-0.25, -0.2) is 4.79 Å². The van der Waals surface area contributed by atoms with E-state index in [4.69, 9.17) is 0 Å². The predicted octanol–water partition coefficient (Wildman–Crippen LogP) is 1.99. The van der Waals surface area contributed by atoms with Crippen molar-refractivity contribution in [3.05, 3.63) is 39.9 Å². The van der Waals surface area contributed by atoms with Crippen LogP contribution in [0, 0.1) is 10.1 Å². The van der Waals surface area contributed by atoms with Crippen LogP contribution in [0.15, 0.2) is 24.3 Å². The summed E-state index contributed by atoms with van der Waals surface area (Å²) in [7, 11) is 0. The zero-order valence-corrected chi connectivity index (χ0v) is 12.1. The van der Waals surface area contributed by atoms with Gasteiger partial charge in [0.15, 0.2) is 0 Å². The molecular weight excluding hydrogens is 288 g/mol. The van der Waals surface area contributed by atoms with Crippen LogP contribution < -0.4 is 0 Å². The molecule has 1 atom stereocenters. The number of aliphatic carboxylic acids is 1. The minimum atomic E-state index is -0.969. The Kier molecular flexibility index (Phi) is 5.08. The molecule has 118 valence electrons. The topological polar surface area (TPSA) is 101 Å². The summed E-state index contributed by atoms with van der Waals surface area (Å²) in [4.78, 5) is 35.1. The van der Waals surface area contributed by atoms with Crippen molar-refractivity contribution < 1.29 is 19.6 Å². The zero-order valence-electron chi connectivity index (χ0n) is 12.1. The van der Waals surface area contributed by atoms with Crippen molar-refractivity contribution in [1.82, 2.24) is 4.90 Å². The summed E-state index contributed by atoms with van der Waals surface area (Å²) in [6.45, 7) is 0.463. The molecule has 0 radical (unpaired) electrons. The lowest BCUT2D eigenvalue weighted by Crippen LogP contribution is -2.48. The van der Waals surface area contributed by atoms with E-state index in [-0.39, 0.29) is 18.0 Å². The van der Waals surface area contributed by atoms with E-state index in [1.165, 1.54) is 17.0 Å². The molecule has 0 bridgehead atoms. The fraction of sp³-hybridized carbons (Fsp3) is 0.467. The first-order valence-corrected chi connectivity index (χ1v) is 7.24. The normalized spacial score (nSPS) is 18.0. The summed E-state index contributed by atoms with van der Waals surface area (Å²) >= 11 is 0. The van der Waals surface area contributed by atoms with Gasteiger partial charge in [-0.3, -0.25) is 14.9 Å². The largest absolute Gasteiger partial charge is 0.480 e. The van der Waals surface area contributed by atoms with Crippen molar-refractivity contribution >= 4 is 17.6 Å². The molecule has 7 nitrogen and oxygen atoms in total. The molecule has 0 aliphatic carbocycles. The van der Waals surface area contributed by atoms with Gasteiger partial charge in [0, 0.05) is 25.1 Å². The third-order valence-corrected chi connectivity index (χ3v) is 3.86. The number of piperidine rings is 1. The molecule has 7 heteroatoms. The Morgan fingerprint density at radius 3 is 2.82 bits per heavy atom. The number of carboxylic acids is 1. The molecule has 0 aromatic heterocycles. The Labute approximate surface area is 127 Å². The van der Waals surface area contributed by atoms with E-state index in [1.54, 1.807) is 12.1 Å². The van der Waals surface area contributed by atoms with Crippen LogP contribution >= 0.6 is 0 Å². The molecule has 22 heavy (non-hydrogen) atoms. The number of non-ortho nitro benzene ring substituents is 1. The van der Waals surface area contributed by atoms with Gasteiger partial charge in [-0.2, -0.15) is 0 Å². The molecule has 1 N–H and O–H groups in total. The highest BCUT2D eigenvalue weighted by atomic mass is 16.6. The van der Waals surface area contributed by atoms with E-state index in [1.807, 2.05) is 0 Å². The van der Waals surface area contributed by atoms with Crippen molar-refractivity contribution in [1.29, 1.82) is 0 Å². The van der Waals surface area contributed by atoms with Crippen molar-refractivity contribution in [2.75, 3.05) is 6.54 Å². The maximum absolute atomic E-state index is 12.2. The van der Waals surface area contributed by atoms with Crippen molar-refractivity contribution in [3.63, 3.8) is 0 Å². The van der Waals surface area contributed by atoms with E-state index >= 15 is 0 Å². The van der Waals surface area contributed by atoms with E-state index in [0.29, 0.717) is 24.9 Å². The number of carboxylic acid groups (broad SMARTS) is 1. The minimum Gasteiger partial charge on any atom is -0.480 e. The van der Waals surface area contributed by atoms with Gasteiger partial charge >= 0.3 is 5.97 Å². The number of hydrogen-bond donors (Lipinski definition) is 1. The van der Waals surface area contributed by atoms with Crippen LogP contribution in [-0.4, -0.2) is 39.4 Å². The first-order valence-electron chi connectivity index (χ1n) is 7.24. The van der Waals surface area contributed by atoms with Crippen LogP contribution in [0.3, 0.4) is 0 Å². The molecule has 1 aliphatic rings. The number of amides is 1. The first kappa shape index (κ1) is 15.9. The lowest BCUT2D eigenvalue weighted by molar-refractivity contribution is -0.384. The van der Waals surface area contributed by atoms with Crippen LogP contribution in [0.1, 0.15) is 31.2 Å². The maximum Gasteiger partial charge on any atom is 0.326 e. The number of benzene rings is 1. The average Bonchev–Trinajstić information content (AvgIpc) is 2.52. The smallest absolute Gasteiger partial charge is 0.326 e. The predicted molar refractivity (Wildman–Crippen MR) is 78.4 cm³/mol. The highest BCUT2D eigenvalue weighted by molar-refractivity contribution is 5.84. The Morgan fingerprint density at radius 1 is 1.36 bits per heavy atom. The highest BCUT2D eigenvalue weighted by Gasteiger charge is 2.31. The number of nitro benzene ring substituents is 1. The van der Waals surface area contributed by atoms with Gasteiger partial charge in [0.2, 0.25) is 5.91 Å². The number of carbonyl (C=O) groups is 2. The first-order chi connectivity index (χ1) is 10.5. The number of aryl methyl sites for hydroxylation is 1. The Morgan fingerprint density at radius 2 is 2.14 bits per heavy atom. The summed E-state index contributed by atoms with van der Waals surface area (Å²) in [6.07, 6.45) is 2.63. The number of likely N-dealkylation sites (tertiary alicyclic amines) is 1. The molecule has 0 saturated carbocycles. The van der Waals surface area contributed by atoms with Crippen LogP contribution in [0.25, 0.3) is 0 Å². The minimum absolute atomic E-state index is 0.00802. The van der Waals surface area contributed by atoms with Gasteiger partial charge in [0.05, 0.1) is 4.92 Å². The second kappa shape index (κ2) is 7.02. The van der Waals surface area contributed by atoms with Gasteiger partial charge < -0.3 is 10.0 Å². The quantitative estimate of drug-likeness (QED) is 0.662. The SMILES string of the molecule is O=C(O)C1CCCCN1C(=O)CCc1cccc([N+](=O)[O-])c1. The van der Waals surface area contributed by atoms with E-state index in [0.717, 1.165) is 12.8 Å². The van der Waals surface area contributed by atoms with E-state index in [9.17, 15) is 24.8 Å². The lowest BCUT2D eigenvalue weighted by Gasteiger charge is -2.33. The second-order valence-electron chi connectivity index (χ2n) is 5.36. The molecule has 0 spiro atoms. The van der Waals surface area contributed by atoms with Crippen molar-refractivity contribution in [3.8, 4) is 0 Å². The van der Waals surface area contributed by atoms with Crippen LogP contribution in [0.4, 0.5) is 5.69 Å². The highest BCUT2D eigenvalue weighted by Crippen LogP contribution is 2.20. The Hall–Kier alpha value is -2.44. The molecule has 1 unspecified atom stereocenters. The van der Waals surface area contributed by atoms with E-state index < -0.39 is 16.9 Å². The standard InChI is InChI=1S/C15H18N2O5/c18-14(16-9-2-1-6-13(16)15(19)20)8-7-11-4-3-5-12(10-11)17(21)22/h3-5,10,13H,1-2,6-9H2,(H,19,20). The van der Waals surface area contributed by atoms with Crippen molar-refractivity contribution in [2.45, 2.75) is 38.1 Å². The number of carbonyl (C=O) groups excluding carboxylic acids is 1. The maximum atomic E-state index is 12.2. The zero-order chi connectivity index (χ0) is 16.1. The number of nitro groups is 1. The molecule has 1 aromatic rings. The van der Waals surface area contributed by atoms with Gasteiger partial charge in [-0.05, 0) is 31.2 Å². The second-order valence-corrected chi connectivity index (χ2v) is 5.36. The fourth-order valence-corrected chi connectivity index (χ4v) is 2.71. The van der Waals surface area contributed by atoms with Crippen LogP contribution in [-0.2, 0) is 16.0 Å². The monoisotopic (exact) mass is 306 g/mol. The summed E-state index contributed by atoms with van der Waals surface area (Å²) in [6, 6.07) is 5.41. The summed E-state index contributed by atoms with van der Waals surface area (Å²) in [5.41, 5.74) is 0.692. The van der Waals surface area contributed by atoms with Gasteiger partial charge in [-0.1, -0.05) is 12.1 Å². The number of hydrogen-bond acceptors (Lipinski definition) is 4. The third-order valence-electron chi connectivity index (χ3n) is 3.86. The molecule has 1 fully saturated rings. The van der Waals surface area contributed by atoms with Crippen molar-refractivity contribution in [2.24, 2.45) is 0 Å². The van der Waals surface area contributed by atoms with E-state index in [2.05, 4.69) is 0 Å². The molecule has 1 amide bonds. The van der Waals surface area contributed by atoms with Crippen LogP contribution in [0.2, 0.25) is 0 Å². The summed E-state index contributed by atoms with van der Waals surface area (Å²) in [5.74, 6) is -1.18. The number of nitrogens with zero attached hydrogens (tertiary/aromatic N) is 2. The van der Waals surface area contributed by atoms with Gasteiger partial charge in [-0.15, -0.1) is 0 Å². The lowest BCUT2D eigenvalue weighted by atomic mass is 10.0. The van der Waals surface area contributed by atoms with Crippen LogP contribution in [0.5, 0.6) is 0 Å². The molecule has 1 aromatic carbocycles. The summed E-state index contributed by atoms with van der Waals surface area (Å²) in [5, 5.41) is 19.9. The molecule has 1 saturated heterocycles. The van der Waals surface area contributed by atoms with Gasteiger partial charge in [0.1, 0.15) is 6.04 Å². The van der Waals surface area contributed by atoms with Gasteiger partial charge in [0.25, 0.3) is 5.69 Å². The molecule has 1 aliphatic heterocycles. The molecule has 1 heterocycles. The Bertz CT molecular complexity index is 587. The molecular formula is C15H18N2O5. The fourth-order valence-electron chi connectivity index (χ4n) is 2.71. The Balaban J connectivity index is 1.98. The summed E-state index contributed by atoms with van der Waals surface area (Å²) < 4.78 is 0.